The number of primary amides is 3. The van der Waals surface area contributed by atoms with Crippen LogP contribution in [0.1, 0.15) is 141 Å². The molecule has 0 spiro atoms. The zero-order valence-electron chi connectivity index (χ0n) is 44.7. The first-order valence-corrected chi connectivity index (χ1v) is 27.7. The highest BCUT2D eigenvalue weighted by atomic mass is 16.5. The van der Waals surface area contributed by atoms with Gasteiger partial charge in [0.2, 0.25) is 53.2 Å². The summed E-state index contributed by atoms with van der Waals surface area (Å²) in [6.45, 7) is 1.66. The van der Waals surface area contributed by atoms with Gasteiger partial charge in [-0.3, -0.25) is 43.2 Å². The Hall–Kier alpha value is -5.58. The van der Waals surface area contributed by atoms with Crippen molar-refractivity contribution in [2.24, 2.45) is 76.0 Å². The molecule has 0 radical (unpaired) electrons. The van der Waals surface area contributed by atoms with Gasteiger partial charge < -0.3 is 69.8 Å². The molecular formula is C52H92N12O11. The number of ether oxygens (including phenoxy) is 1. The van der Waals surface area contributed by atoms with Crippen molar-refractivity contribution in [1.29, 1.82) is 0 Å². The van der Waals surface area contributed by atoms with Gasteiger partial charge in [-0.1, -0.05) is 25.7 Å². The molecule has 10 amide bonds. The zero-order valence-corrected chi connectivity index (χ0v) is 44.7. The molecule has 0 aliphatic heterocycles. The molecule has 4 aliphatic rings. The van der Waals surface area contributed by atoms with E-state index in [1.165, 1.54) is 24.9 Å². The Morgan fingerprint density at radius 2 is 0.760 bits per heavy atom. The fourth-order valence-corrected chi connectivity index (χ4v) is 9.52. The number of unbranched alkanes of at least 4 members (excludes halogenated alkanes) is 4. The lowest BCUT2D eigenvalue weighted by atomic mass is 9.96. The molecule has 426 valence electrons. The minimum atomic E-state index is -0.685. The maximum atomic E-state index is 12.7. The number of methoxy groups -OCH3 is 1. The van der Waals surface area contributed by atoms with Crippen molar-refractivity contribution in [3.8, 4) is 0 Å². The van der Waals surface area contributed by atoms with Gasteiger partial charge in [0, 0.05) is 69.9 Å². The third kappa shape index (κ3) is 28.2. The lowest BCUT2D eigenvalue weighted by Crippen LogP contribution is -2.46. The van der Waals surface area contributed by atoms with Gasteiger partial charge in [0.05, 0.1) is 7.11 Å². The number of alkyl carbamates (subject to hydrolysis) is 1. The number of carbonyl (C=O) groups is 10. The molecule has 4 atom stereocenters. The van der Waals surface area contributed by atoms with Crippen LogP contribution in [0.2, 0.25) is 0 Å². The van der Waals surface area contributed by atoms with Crippen LogP contribution in [-0.4, -0.2) is 148 Å². The molecule has 0 aromatic carbocycles. The van der Waals surface area contributed by atoms with E-state index in [2.05, 4.69) is 31.3 Å². The Bertz CT molecular complexity index is 1790. The topological polar surface area (TPSA) is 377 Å². The molecule has 0 aromatic rings. The Balaban J connectivity index is 0.000000399. The Morgan fingerprint density at radius 3 is 1.04 bits per heavy atom. The van der Waals surface area contributed by atoms with Crippen LogP contribution in [0.5, 0.6) is 0 Å². The number of amides is 10. The Labute approximate surface area is 443 Å². The van der Waals surface area contributed by atoms with Crippen LogP contribution in [-0.2, 0) is 47.9 Å². The second-order valence-corrected chi connectivity index (χ2v) is 21.0. The minimum absolute atomic E-state index is 0.00467. The summed E-state index contributed by atoms with van der Waals surface area (Å²) >= 11 is 0. The Morgan fingerprint density at radius 1 is 0.440 bits per heavy atom. The van der Waals surface area contributed by atoms with E-state index in [1.807, 2.05) is 0 Å². The highest BCUT2D eigenvalue weighted by molar-refractivity contribution is 5.90. The maximum Gasteiger partial charge on any atom is 0.406 e. The van der Waals surface area contributed by atoms with Crippen molar-refractivity contribution in [1.82, 2.24) is 36.4 Å². The van der Waals surface area contributed by atoms with Crippen LogP contribution >= 0.6 is 0 Å². The Kier molecular flexibility index (Phi) is 30.3. The van der Waals surface area contributed by atoms with E-state index >= 15 is 0 Å². The molecule has 0 saturated heterocycles. The SMILES string of the molecule is COC(=O)NCCC(=O)N(CC(=O)NCCCCC(C(N)=O)C1CC1)CC(=O)NCCCCC(C(N)=O)C1CC1.NCCC(=O)N(CC(=O)NCCCCC(CN)C1CC1)CC(=O)NCCCCC(C(N)=O)C1CC1. The molecule has 4 saturated carbocycles. The monoisotopic (exact) mass is 1060 g/mol. The van der Waals surface area contributed by atoms with Gasteiger partial charge in [-0.15, -0.1) is 0 Å². The van der Waals surface area contributed by atoms with E-state index < -0.39 is 23.8 Å². The maximum absolute atomic E-state index is 12.7. The van der Waals surface area contributed by atoms with Gasteiger partial charge in [0.1, 0.15) is 26.2 Å². The van der Waals surface area contributed by atoms with Crippen molar-refractivity contribution >= 4 is 59.3 Å². The van der Waals surface area contributed by atoms with Gasteiger partial charge in [0.25, 0.3) is 0 Å². The molecule has 4 fully saturated rings. The number of nitrogens with one attached hydrogen (secondary N) is 5. The number of hydrogen-bond donors (Lipinski definition) is 10. The van der Waals surface area contributed by atoms with E-state index in [0.29, 0.717) is 75.5 Å². The van der Waals surface area contributed by atoms with Crippen LogP contribution in [0.4, 0.5) is 4.79 Å². The fraction of sp³-hybridized carbons (Fsp3) is 0.808. The standard InChI is InChI=1S/C27H46N6O7.C25H46N6O4/c1-40-27(39)32-15-12-24(36)33(16-22(34)30-13-4-2-6-20(25(28)37)18-8-9-18)17-23(35)31-14-5-3-7-21(26(29)38)19-10-11-19;26-12-11-24(34)31(16-22(32)29-13-3-1-5-20(15-27)18-7-8-18)17-23(33)30-14-4-2-6-21(25(28)35)19-9-10-19/h18-21H,2-17H2,1H3,(H2,28,37)(H2,29,38)(H,30,34)(H,31,35)(H,32,39);18-21H,1-17,26-27H2,(H2,28,35)(H,29,32)(H,30,33). The molecule has 4 rings (SSSR count). The smallest absolute Gasteiger partial charge is 0.406 e. The van der Waals surface area contributed by atoms with E-state index in [-0.39, 0.29) is 105 Å². The molecule has 15 N–H and O–H groups in total. The summed E-state index contributed by atoms with van der Waals surface area (Å²) in [5, 5.41) is 13.6. The van der Waals surface area contributed by atoms with Crippen molar-refractivity contribution in [3.05, 3.63) is 0 Å². The lowest BCUT2D eigenvalue weighted by molar-refractivity contribution is -0.139. The van der Waals surface area contributed by atoms with Gasteiger partial charge in [-0.25, -0.2) is 4.79 Å². The van der Waals surface area contributed by atoms with Crippen molar-refractivity contribution in [3.63, 3.8) is 0 Å². The van der Waals surface area contributed by atoms with Crippen LogP contribution in [0.15, 0.2) is 0 Å². The zero-order chi connectivity index (χ0) is 55.1. The first-order chi connectivity index (χ1) is 36.0. The summed E-state index contributed by atoms with van der Waals surface area (Å²) in [6, 6.07) is 0. The van der Waals surface area contributed by atoms with E-state index in [9.17, 15) is 47.9 Å². The molecule has 23 heteroatoms. The van der Waals surface area contributed by atoms with E-state index in [4.69, 9.17) is 28.7 Å². The van der Waals surface area contributed by atoms with E-state index in [1.54, 1.807) is 0 Å². The number of carbonyl (C=O) groups excluding carboxylic acids is 10. The van der Waals surface area contributed by atoms with Crippen molar-refractivity contribution < 1.29 is 52.7 Å². The lowest BCUT2D eigenvalue weighted by Gasteiger charge is -2.22. The average Bonchev–Trinajstić information content (AvgIpc) is 4.14. The predicted molar refractivity (Wildman–Crippen MR) is 281 cm³/mol. The van der Waals surface area contributed by atoms with Crippen LogP contribution in [0.3, 0.4) is 0 Å². The molecular weight excluding hydrogens is 969 g/mol. The summed E-state index contributed by atoms with van der Waals surface area (Å²) in [5.41, 5.74) is 27.8. The highest BCUT2D eigenvalue weighted by Gasteiger charge is 2.36. The molecule has 0 aromatic heterocycles. The third-order valence-corrected chi connectivity index (χ3v) is 14.6. The fourth-order valence-electron chi connectivity index (χ4n) is 9.52. The summed E-state index contributed by atoms with van der Waals surface area (Å²) in [6.07, 6.45) is 17.6. The summed E-state index contributed by atoms with van der Waals surface area (Å²) in [4.78, 5) is 123. The van der Waals surface area contributed by atoms with Crippen molar-refractivity contribution in [2.75, 3.05) is 79.1 Å². The van der Waals surface area contributed by atoms with Gasteiger partial charge in [-0.2, -0.15) is 0 Å². The molecule has 0 heterocycles. The van der Waals surface area contributed by atoms with Gasteiger partial charge in [-0.05, 0) is 139 Å². The molecule has 75 heavy (non-hydrogen) atoms. The molecule has 23 nitrogen and oxygen atoms in total. The molecule has 4 unspecified atom stereocenters. The second-order valence-electron chi connectivity index (χ2n) is 21.0. The number of hydrogen-bond acceptors (Lipinski definition) is 13. The minimum Gasteiger partial charge on any atom is -0.453 e. The first-order valence-electron chi connectivity index (χ1n) is 27.7. The largest absolute Gasteiger partial charge is 0.453 e. The first kappa shape index (κ1) is 63.7. The van der Waals surface area contributed by atoms with E-state index in [0.717, 1.165) is 107 Å². The quantitative estimate of drug-likeness (QED) is 0.0371. The van der Waals surface area contributed by atoms with Crippen LogP contribution in [0.25, 0.3) is 0 Å². The van der Waals surface area contributed by atoms with Crippen molar-refractivity contribution in [2.45, 2.75) is 141 Å². The van der Waals surface area contributed by atoms with Crippen LogP contribution < -0.4 is 55.3 Å². The molecule has 4 aliphatic carbocycles. The predicted octanol–water partition coefficient (Wildman–Crippen LogP) is 0.390. The summed E-state index contributed by atoms with van der Waals surface area (Å²) in [5.74, 6) is -0.654. The average molecular weight is 1060 g/mol. The van der Waals surface area contributed by atoms with Gasteiger partial charge >= 0.3 is 6.09 Å². The third-order valence-electron chi connectivity index (χ3n) is 14.6. The van der Waals surface area contributed by atoms with Gasteiger partial charge in [0.15, 0.2) is 0 Å². The second kappa shape index (κ2) is 35.6. The van der Waals surface area contributed by atoms with Crippen LogP contribution in [0, 0.1) is 47.3 Å². The number of rotatable bonds is 41. The summed E-state index contributed by atoms with van der Waals surface area (Å²) < 4.78 is 4.48. The highest BCUT2D eigenvalue weighted by Crippen LogP contribution is 2.41. The number of nitrogens with two attached hydrogens (primary N) is 5. The summed E-state index contributed by atoms with van der Waals surface area (Å²) in [7, 11) is 1.21. The number of nitrogens with zero attached hydrogens (tertiary/aromatic N) is 2. The molecule has 0 bridgehead atoms. The normalized spacial score (nSPS) is 16.3.